The van der Waals surface area contributed by atoms with Crippen molar-refractivity contribution in [3.05, 3.63) is 52.9 Å². The van der Waals surface area contributed by atoms with Crippen molar-refractivity contribution >= 4 is 57.2 Å². The van der Waals surface area contributed by atoms with Crippen LogP contribution in [0.4, 0.5) is 28.8 Å². The van der Waals surface area contributed by atoms with E-state index in [0.29, 0.717) is 39.0 Å². The van der Waals surface area contributed by atoms with Gasteiger partial charge in [0.15, 0.2) is 0 Å². The molecule has 2 aliphatic rings. The number of ether oxygens (including phenoxy) is 2. The Hall–Kier alpha value is -3.64. The van der Waals surface area contributed by atoms with E-state index < -0.39 is 7.14 Å². The Kier molecular flexibility index (Phi) is 11.1. The predicted molar refractivity (Wildman–Crippen MR) is 207 cm³/mol. The van der Waals surface area contributed by atoms with Crippen LogP contribution in [0, 0.1) is 0 Å². The third-order valence-corrected chi connectivity index (χ3v) is 11.9. The molecule has 12 nitrogen and oxygen atoms in total. The van der Waals surface area contributed by atoms with Gasteiger partial charge in [-0.05, 0) is 79.3 Å². The van der Waals surface area contributed by atoms with Gasteiger partial charge in [-0.3, -0.25) is 9.58 Å². The van der Waals surface area contributed by atoms with Crippen molar-refractivity contribution in [2.24, 2.45) is 7.05 Å². The maximum atomic E-state index is 13.7. The van der Waals surface area contributed by atoms with Gasteiger partial charge in [-0.1, -0.05) is 6.92 Å². The summed E-state index contributed by atoms with van der Waals surface area (Å²) in [5, 5.41) is 11.7. The maximum Gasteiger partial charge on any atom is 0.229 e. The van der Waals surface area contributed by atoms with E-state index >= 15 is 0 Å². The molecular weight excluding hydrogens is 717 g/mol. The SMILES string of the molecule is CCc1cc(Nc2ncc(Br)c(Nc3ccc(-c4cnn(C)c4)c(OC)c3P(C)(C)=O)n2)c(OC)cc1N1CCC(N2CCN(C)CC2)CC1. The highest BCUT2D eigenvalue weighted by atomic mass is 79.9. The van der Waals surface area contributed by atoms with Crippen molar-refractivity contribution in [3.63, 3.8) is 0 Å². The van der Waals surface area contributed by atoms with Crippen molar-refractivity contribution in [1.29, 1.82) is 0 Å². The summed E-state index contributed by atoms with van der Waals surface area (Å²) in [5.41, 5.74) is 5.60. The lowest BCUT2D eigenvalue weighted by molar-refractivity contribution is 0.0982. The highest BCUT2D eigenvalue weighted by Gasteiger charge is 2.29. The van der Waals surface area contributed by atoms with E-state index in [0.717, 1.165) is 68.3 Å². The quantitative estimate of drug-likeness (QED) is 0.171. The van der Waals surface area contributed by atoms with E-state index in [1.807, 2.05) is 25.4 Å². The van der Waals surface area contributed by atoms with Gasteiger partial charge >= 0.3 is 0 Å². The van der Waals surface area contributed by atoms with Crippen molar-refractivity contribution in [1.82, 2.24) is 29.5 Å². The molecule has 4 aromatic rings. The maximum absolute atomic E-state index is 13.7. The molecule has 2 N–H and O–H groups in total. The number of rotatable bonds is 11. The monoisotopic (exact) mass is 765 g/mol. The van der Waals surface area contributed by atoms with Gasteiger partial charge in [-0.15, -0.1) is 0 Å². The number of aryl methyl sites for hydroxylation is 2. The second kappa shape index (κ2) is 15.3. The van der Waals surface area contributed by atoms with Gasteiger partial charge in [-0.2, -0.15) is 10.1 Å². The van der Waals surface area contributed by atoms with Crippen molar-refractivity contribution in [3.8, 4) is 22.6 Å². The smallest absolute Gasteiger partial charge is 0.229 e. The summed E-state index contributed by atoms with van der Waals surface area (Å²) in [4.78, 5) is 17.0. The molecular formula is C36H49BrN9O3P. The summed E-state index contributed by atoms with van der Waals surface area (Å²) in [6.07, 6.45) is 8.60. The Morgan fingerprint density at radius 3 is 2.32 bits per heavy atom. The van der Waals surface area contributed by atoms with Crippen molar-refractivity contribution < 1.29 is 14.0 Å². The number of hydrogen-bond acceptors (Lipinski definition) is 11. The van der Waals surface area contributed by atoms with Crippen LogP contribution >= 0.6 is 23.1 Å². The Labute approximate surface area is 304 Å². The van der Waals surface area contributed by atoms with Crippen LogP contribution in [0.15, 0.2) is 47.3 Å². The predicted octanol–water partition coefficient (Wildman–Crippen LogP) is 6.17. The average Bonchev–Trinajstić information content (AvgIpc) is 3.54. The van der Waals surface area contributed by atoms with Gasteiger partial charge in [0.25, 0.3) is 0 Å². The number of piperidine rings is 1. The van der Waals surface area contributed by atoms with Crippen molar-refractivity contribution in [2.75, 3.05) is 89.4 Å². The highest BCUT2D eigenvalue weighted by molar-refractivity contribution is 9.10. The first-order valence-corrected chi connectivity index (χ1v) is 20.6. The normalized spacial score (nSPS) is 16.4. The summed E-state index contributed by atoms with van der Waals surface area (Å²) in [6.45, 7) is 12.4. The highest BCUT2D eigenvalue weighted by Crippen LogP contribution is 2.46. The van der Waals surface area contributed by atoms with E-state index in [1.165, 1.54) is 24.1 Å². The number of aromatic nitrogens is 4. The summed E-state index contributed by atoms with van der Waals surface area (Å²) in [6, 6.07) is 8.81. The zero-order valence-electron chi connectivity index (χ0n) is 30.2. The summed E-state index contributed by atoms with van der Waals surface area (Å²) in [5.74, 6) is 2.19. The van der Waals surface area contributed by atoms with Gasteiger partial charge < -0.3 is 34.5 Å². The van der Waals surface area contributed by atoms with Gasteiger partial charge in [0.05, 0.1) is 41.6 Å². The standard InChI is InChI=1S/C36H49BrN9O3P/c1-8-24-19-30(32(48-4)20-31(24)46-13-11-26(12-14-46)45-17-15-43(2)16-18-45)41-36-38-22-28(37)35(42-36)40-29-10-9-27(25-21-39-44(3)23-25)33(49-5)34(29)50(6,7)47/h9-10,19-23,26H,8,11-18H2,1-7H3,(H2,38,40,41,42). The van der Waals surface area contributed by atoms with Crippen LogP contribution in [-0.4, -0.2) is 109 Å². The number of nitrogens with zero attached hydrogens (tertiary/aromatic N) is 7. The average molecular weight is 767 g/mol. The summed E-state index contributed by atoms with van der Waals surface area (Å²) in [7, 11) is 4.54. The second-order valence-corrected chi connectivity index (χ2v) is 17.5. The topological polar surface area (TPSA) is 113 Å². The molecule has 0 spiro atoms. The number of piperazine rings is 1. The van der Waals surface area contributed by atoms with Crippen LogP contribution in [0.2, 0.25) is 0 Å². The minimum absolute atomic E-state index is 0.397. The lowest BCUT2D eigenvalue weighted by atomic mass is 9.99. The van der Waals surface area contributed by atoms with Gasteiger partial charge in [-0.25, -0.2) is 4.98 Å². The molecule has 0 aliphatic carbocycles. The number of likely N-dealkylation sites (N-methyl/N-ethyl adjacent to an activating group) is 1. The molecule has 0 amide bonds. The fourth-order valence-electron chi connectivity index (χ4n) is 7.08. The second-order valence-electron chi connectivity index (χ2n) is 13.5. The molecule has 2 fully saturated rings. The van der Waals surface area contributed by atoms with E-state index in [-0.39, 0.29) is 0 Å². The molecule has 14 heteroatoms. The molecule has 2 aliphatic heterocycles. The van der Waals surface area contributed by atoms with Crippen LogP contribution in [-0.2, 0) is 18.0 Å². The molecule has 0 unspecified atom stereocenters. The first kappa shape index (κ1) is 36.2. The Bertz CT molecular complexity index is 1860. The van der Waals surface area contributed by atoms with Crippen LogP contribution in [0.1, 0.15) is 25.3 Å². The van der Waals surface area contributed by atoms with Gasteiger partial charge in [0.2, 0.25) is 5.95 Å². The molecule has 0 saturated carbocycles. The number of nitrogens with one attached hydrogen (secondary N) is 2. The first-order valence-electron chi connectivity index (χ1n) is 17.2. The molecule has 0 radical (unpaired) electrons. The van der Waals surface area contributed by atoms with Crippen LogP contribution in [0.3, 0.4) is 0 Å². The summed E-state index contributed by atoms with van der Waals surface area (Å²) < 4.78 is 27.9. The van der Waals surface area contributed by atoms with Gasteiger partial charge in [0, 0.05) is 87.6 Å². The Balaban J connectivity index is 1.24. The zero-order valence-corrected chi connectivity index (χ0v) is 32.6. The number of methoxy groups -OCH3 is 2. The van der Waals surface area contributed by atoms with Crippen molar-refractivity contribution in [2.45, 2.75) is 32.2 Å². The Morgan fingerprint density at radius 1 is 0.960 bits per heavy atom. The largest absolute Gasteiger partial charge is 0.495 e. The fourth-order valence-corrected chi connectivity index (χ4v) is 8.78. The minimum atomic E-state index is -2.83. The van der Waals surface area contributed by atoms with E-state index in [9.17, 15) is 4.57 Å². The van der Waals surface area contributed by atoms with E-state index in [1.54, 1.807) is 44.6 Å². The molecule has 2 aromatic carbocycles. The lowest BCUT2D eigenvalue weighted by Gasteiger charge is -2.43. The third kappa shape index (κ3) is 7.81. The number of benzene rings is 2. The molecule has 6 rings (SSSR count). The molecule has 2 aromatic heterocycles. The Morgan fingerprint density at radius 2 is 1.70 bits per heavy atom. The van der Waals surface area contributed by atoms with Gasteiger partial charge in [0.1, 0.15) is 24.5 Å². The molecule has 50 heavy (non-hydrogen) atoms. The number of hydrogen-bond donors (Lipinski definition) is 2. The molecule has 2 saturated heterocycles. The minimum Gasteiger partial charge on any atom is -0.495 e. The lowest BCUT2D eigenvalue weighted by Crippen LogP contribution is -2.52. The zero-order chi connectivity index (χ0) is 35.6. The first-order chi connectivity index (χ1) is 24.0. The van der Waals surface area contributed by atoms with Crippen LogP contribution < -0.4 is 30.3 Å². The molecule has 4 heterocycles. The fraction of sp³-hybridized carbons (Fsp3) is 0.472. The van der Waals surface area contributed by atoms with E-state index in [2.05, 4.69) is 77.5 Å². The van der Waals surface area contributed by atoms with E-state index in [4.69, 9.17) is 14.5 Å². The molecule has 0 bridgehead atoms. The molecule has 268 valence electrons. The third-order valence-electron chi connectivity index (χ3n) is 9.77. The van der Waals surface area contributed by atoms with Crippen LogP contribution in [0.5, 0.6) is 11.5 Å². The van der Waals surface area contributed by atoms with Crippen LogP contribution in [0.25, 0.3) is 11.1 Å². The number of anilines is 5. The summed E-state index contributed by atoms with van der Waals surface area (Å²) >= 11 is 3.61. The number of halogens is 1. The molecule has 0 atom stereocenters.